The Hall–Kier alpha value is -0.840. The first kappa shape index (κ1) is 14.6. The third-order valence-electron chi connectivity index (χ3n) is 3.05. The molecule has 0 aliphatic rings. The molecule has 3 nitrogen and oxygen atoms in total. The number of halogens is 1. The Morgan fingerprint density at radius 1 is 1.42 bits per heavy atom. The average molecular weight is 298 g/mol. The lowest BCUT2D eigenvalue weighted by Gasteiger charge is -2.19. The molecule has 19 heavy (non-hydrogen) atoms. The van der Waals surface area contributed by atoms with E-state index in [-0.39, 0.29) is 6.04 Å². The Kier molecular flexibility index (Phi) is 5.02. The van der Waals surface area contributed by atoms with Gasteiger partial charge >= 0.3 is 0 Å². The van der Waals surface area contributed by atoms with Crippen molar-refractivity contribution < 1.29 is 0 Å². The van der Waals surface area contributed by atoms with Crippen molar-refractivity contribution in [1.82, 2.24) is 15.1 Å². The number of thiophene rings is 1. The number of hydrogen-bond acceptors (Lipinski definition) is 3. The maximum absolute atomic E-state index is 6.34. The minimum atomic E-state index is 0.133. The van der Waals surface area contributed by atoms with Crippen LogP contribution in [0.25, 0.3) is 0 Å². The van der Waals surface area contributed by atoms with E-state index in [1.807, 2.05) is 16.0 Å². The third-order valence-corrected chi connectivity index (χ3v) is 4.41. The van der Waals surface area contributed by atoms with Crippen LogP contribution in [-0.4, -0.2) is 16.3 Å². The van der Waals surface area contributed by atoms with Crippen LogP contribution in [0.4, 0.5) is 0 Å². The fourth-order valence-corrected chi connectivity index (χ4v) is 3.35. The Balaban J connectivity index is 2.39. The predicted molar refractivity (Wildman–Crippen MR) is 82.1 cm³/mol. The molecule has 2 aromatic rings. The molecule has 104 valence electrons. The lowest BCUT2D eigenvalue weighted by atomic mass is 10.1. The Labute approximate surface area is 123 Å². The maximum atomic E-state index is 6.34. The van der Waals surface area contributed by atoms with E-state index in [9.17, 15) is 0 Å². The highest BCUT2D eigenvalue weighted by Crippen LogP contribution is 2.32. The highest BCUT2D eigenvalue weighted by atomic mass is 35.5. The van der Waals surface area contributed by atoms with Crippen LogP contribution >= 0.6 is 22.9 Å². The van der Waals surface area contributed by atoms with Crippen molar-refractivity contribution >= 4 is 22.9 Å². The molecule has 0 saturated carbocycles. The fourth-order valence-electron chi connectivity index (χ4n) is 2.14. The second kappa shape index (κ2) is 6.55. The summed E-state index contributed by atoms with van der Waals surface area (Å²) < 4.78 is 1.98. The summed E-state index contributed by atoms with van der Waals surface area (Å²) in [6, 6.07) is 4.46. The van der Waals surface area contributed by atoms with Crippen LogP contribution in [0.15, 0.2) is 18.3 Å². The number of rotatable bonds is 6. The van der Waals surface area contributed by atoms with Gasteiger partial charge in [-0.25, -0.2) is 0 Å². The van der Waals surface area contributed by atoms with Crippen LogP contribution in [0.5, 0.6) is 0 Å². The fraction of sp³-hybridized carbons (Fsp3) is 0.500. The SMILES string of the molecule is CCCNC(c1ccc(C)s1)c1c(Cl)cnn1CC. The molecule has 0 aromatic carbocycles. The zero-order valence-corrected chi connectivity index (χ0v) is 13.2. The quantitative estimate of drug-likeness (QED) is 0.873. The van der Waals surface area contributed by atoms with Crippen LogP contribution in [0, 0.1) is 6.92 Å². The minimum absolute atomic E-state index is 0.133. The number of hydrogen-bond donors (Lipinski definition) is 1. The maximum Gasteiger partial charge on any atom is 0.0857 e. The zero-order valence-electron chi connectivity index (χ0n) is 11.6. The topological polar surface area (TPSA) is 29.9 Å². The minimum Gasteiger partial charge on any atom is -0.304 e. The number of aryl methyl sites for hydroxylation is 2. The van der Waals surface area contributed by atoms with Crippen LogP contribution < -0.4 is 5.32 Å². The molecule has 0 radical (unpaired) electrons. The van der Waals surface area contributed by atoms with Crippen LogP contribution in [0.3, 0.4) is 0 Å². The van der Waals surface area contributed by atoms with Crippen molar-refractivity contribution in [1.29, 1.82) is 0 Å². The largest absolute Gasteiger partial charge is 0.304 e. The number of nitrogens with zero attached hydrogens (tertiary/aromatic N) is 2. The van der Waals surface area contributed by atoms with Crippen molar-refractivity contribution in [3.05, 3.63) is 38.8 Å². The van der Waals surface area contributed by atoms with E-state index in [2.05, 4.69) is 43.3 Å². The number of aromatic nitrogens is 2. The predicted octanol–water partition coefficient (Wildman–Crippen LogP) is 4.02. The van der Waals surface area contributed by atoms with Gasteiger partial charge in [0.25, 0.3) is 0 Å². The van der Waals surface area contributed by atoms with Crippen molar-refractivity contribution in [2.24, 2.45) is 0 Å². The second-order valence-electron chi connectivity index (χ2n) is 4.53. The normalized spacial score (nSPS) is 12.8. The molecular weight excluding hydrogens is 278 g/mol. The molecule has 2 heterocycles. The Bertz CT molecular complexity index is 533. The molecule has 5 heteroatoms. The summed E-state index contributed by atoms with van der Waals surface area (Å²) in [6.07, 6.45) is 2.83. The van der Waals surface area contributed by atoms with E-state index in [0.29, 0.717) is 0 Å². The van der Waals surface area contributed by atoms with Gasteiger partial charge in [0.1, 0.15) is 0 Å². The monoisotopic (exact) mass is 297 g/mol. The highest BCUT2D eigenvalue weighted by Gasteiger charge is 2.22. The van der Waals surface area contributed by atoms with E-state index in [4.69, 9.17) is 11.6 Å². The summed E-state index contributed by atoms with van der Waals surface area (Å²) in [5, 5.41) is 8.66. The zero-order chi connectivity index (χ0) is 13.8. The highest BCUT2D eigenvalue weighted by molar-refractivity contribution is 7.12. The first-order chi connectivity index (χ1) is 9.17. The lowest BCUT2D eigenvalue weighted by Crippen LogP contribution is -2.25. The summed E-state index contributed by atoms with van der Waals surface area (Å²) in [7, 11) is 0. The summed E-state index contributed by atoms with van der Waals surface area (Å²) in [5.74, 6) is 0. The van der Waals surface area contributed by atoms with Gasteiger partial charge in [-0.3, -0.25) is 4.68 Å². The molecule has 0 aliphatic heterocycles. The second-order valence-corrected chi connectivity index (χ2v) is 6.26. The molecule has 0 aliphatic carbocycles. The van der Waals surface area contributed by atoms with Gasteiger partial charge in [-0.05, 0) is 38.9 Å². The van der Waals surface area contributed by atoms with Crippen molar-refractivity contribution in [3.8, 4) is 0 Å². The molecule has 0 bridgehead atoms. The molecule has 1 unspecified atom stereocenters. The smallest absolute Gasteiger partial charge is 0.0857 e. The molecule has 2 rings (SSSR count). The summed E-state index contributed by atoms with van der Waals surface area (Å²) >= 11 is 8.15. The standard InChI is InChI=1S/C14H20ClN3S/c1-4-8-16-13(12-7-6-10(3)19-12)14-11(15)9-17-18(14)5-2/h6-7,9,13,16H,4-5,8H2,1-3H3. The number of nitrogens with one attached hydrogen (secondary N) is 1. The molecule has 0 fully saturated rings. The lowest BCUT2D eigenvalue weighted by molar-refractivity contribution is 0.534. The van der Waals surface area contributed by atoms with Gasteiger partial charge in [-0.15, -0.1) is 11.3 Å². The van der Waals surface area contributed by atoms with Gasteiger partial charge in [-0.2, -0.15) is 5.10 Å². The molecule has 1 N–H and O–H groups in total. The van der Waals surface area contributed by atoms with Crippen LogP contribution in [0.1, 0.15) is 41.8 Å². The van der Waals surface area contributed by atoms with Crippen molar-refractivity contribution in [2.45, 2.75) is 39.8 Å². The summed E-state index contributed by atoms with van der Waals surface area (Å²) in [5.41, 5.74) is 1.07. The summed E-state index contributed by atoms with van der Waals surface area (Å²) in [4.78, 5) is 2.61. The Morgan fingerprint density at radius 2 is 2.21 bits per heavy atom. The molecular formula is C14H20ClN3S. The van der Waals surface area contributed by atoms with Gasteiger partial charge in [0.2, 0.25) is 0 Å². The Morgan fingerprint density at radius 3 is 2.79 bits per heavy atom. The van der Waals surface area contributed by atoms with E-state index < -0.39 is 0 Å². The van der Waals surface area contributed by atoms with E-state index in [0.717, 1.165) is 30.2 Å². The average Bonchev–Trinajstić information content (AvgIpc) is 2.98. The molecule has 1 atom stereocenters. The van der Waals surface area contributed by atoms with Crippen molar-refractivity contribution in [3.63, 3.8) is 0 Å². The molecule has 0 amide bonds. The summed E-state index contributed by atoms with van der Waals surface area (Å²) in [6.45, 7) is 8.18. The van der Waals surface area contributed by atoms with E-state index in [1.54, 1.807) is 6.20 Å². The van der Waals surface area contributed by atoms with Gasteiger partial charge in [0.15, 0.2) is 0 Å². The third kappa shape index (κ3) is 3.19. The molecule has 0 saturated heterocycles. The van der Waals surface area contributed by atoms with Gasteiger partial charge < -0.3 is 5.32 Å². The molecule has 2 aromatic heterocycles. The van der Waals surface area contributed by atoms with E-state index in [1.165, 1.54) is 9.75 Å². The van der Waals surface area contributed by atoms with Crippen molar-refractivity contribution in [2.75, 3.05) is 6.54 Å². The first-order valence-electron chi connectivity index (χ1n) is 6.68. The van der Waals surface area contributed by atoms with Crippen LogP contribution in [0.2, 0.25) is 5.02 Å². The van der Waals surface area contributed by atoms with Gasteiger partial charge in [-0.1, -0.05) is 18.5 Å². The van der Waals surface area contributed by atoms with Gasteiger partial charge in [0.05, 0.1) is 23.0 Å². The first-order valence-corrected chi connectivity index (χ1v) is 7.87. The van der Waals surface area contributed by atoms with Gasteiger partial charge in [0, 0.05) is 16.3 Å². The molecule has 0 spiro atoms. The van der Waals surface area contributed by atoms with Crippen LogP contribution in [-0.2, 0) is 6.54 Å². The van der Waals surface area contributed by atoms with E-state index >= 15 is 0 Å².